The summed E-state index contributed by atoms with van der Waals surface area (Å²) in [6.45, 7) is 4.16. The molecule has 0 radical (unpaired) electrons. The second-order valence-corrected chi connectivity index (χ2v) is 6.02. The summed E-state index contributed by atoms with van der Waals surface area (Å²) in [6, 6.07) is 0. The molecule has 1 rings (SSSR count). The zero-order chi connectivity index (χ0) is 11.3. The molecule has 1 amide bonds. The monoisotopic (exact) mass is 230 g/mol. The lowest BCUT2D eigenvalue weighted by Crippen LogP contribution is -2.41. The topological polar surface area (TPSA) is 55.1 Å². The van der Waals surface area contributed by atoms with Crippen LogP contribution in [0.25, 0.3) is 0 Å². The predicted molar refractivity (Wildman–Crippen MR) is 65.4 cm³/mol. The van der Waals surface area contributed by atoms with Gasteiger partial charge in [-0.3, -0.25) is 10.2 Å². The Kier molecular flexibility index (Phi) is 5.47. The minimum atomic E-state index is -0.0272. The van der Waals surface area contributed by atoms with Gasteiger partial charge in [0.1, 0.15) is 0 Å². The molecule has 1 unspecified atom stereocenters. The lowest BCUT2D eigenvalue weighted by atomic mass is 10.0. The fourth-order valence-electron chi connectivity index (χ4n) is 2.01. The van der Waals surface area contributed by atoms with Gasteiger partial charge < -0.3 is 0 Å². The highest BCUT2D eigenvalue weighted by atomic mass is 32.2. The minimum Gasteiger partial charge on any atom is -0.293 e. The summed E-state index contributed by atoms with van der Waals surface area (Å²) < 4.78 is 0. The highest BCUT2D eigenvalue weighted by Crippen LogP contribution is 2.33. The molecule has 0 aromatic heterocycles. The molecule has 1 aliphatic carbocycles. The van der Waals surface area contributed by atoms with E-state index < -0.39 is 0 Å². The zero-order valence-electron chi connectivity index (χ0n) is 9.66. The third-order valence-electron chi connectivity index (χ3n) is 2.90. The Balaban J connectivity index is 2.46. The van der Waals surface area contributed by atoms with Gasteiger partial charge in [-0.1, -0.05) is 33.1 Å². The molecule has 0 heterocycles. The summed E-state index contributed by atoms with van der Waals surface area (Å²) in [5, 5.41) is 0.668. The quantitative estimate of drug-likeness (QED) is 0.441. The number of hydrogen-bond donors (Lipinski definition) is 2. The van der Waals surface area contributed by atoms with E-state index in [1.165, 1.54) is 32.1 Å². The molecule has 1 aliphatic rings. The van der Waals surface area contributed by atoms with Crippen LogP contribution < -0.4 is 11.3 Å². The van der Waals surface area contributed by atoms with Crippen molar-refractivity contribution in [3.63, 3.8) is 0 Å². The second-order valence-electron chi connectivity index (χ2n) is 4.57. The van der Waals surface area contributed by atoms with Gasteiger partial charge in [0, 0.05) is 5.25 Å². The van der Waals surface area contributed by atoms with E-state index in [9.17, 15) is 4.79 Å². The molecule has 15 heavy (non-hydrogen) atoms. The number of carbonyl (C=O) groups is 1. The molecule has 1 saturated carbocycles. The lowest BCUT2D eigenvalue weighted by Gasteiger charge is -2.27. The Bertz CT molecular complexity index is 203. The second kappa shape index (κ2) is 6.38. The molecule has 0 saturated heterocycles. The van der Waals surface area contributed by atoms with E-state index in [1.807, 2.05) is 11.8 Å². The fraction of sp³-hybridized carbons (Fsp3) is 0.909. The van der Waals surface area contributed by atoms with Gasteiger partial charge in [-0.2, -0.15) is 0 Å². The van der Waals surface area contributed by atoms with Crippen molar-refractivity contribution >= 4 is 17.7 Å². The van der Waals surface area contributed by atoms with Crippen LogP contribution in [0.3, 0.4) is 0 Å². The highest BCUT2D eigenvalue weighted by molar-refractivity contribution is 8.01. The molecule has 0 aromatic rings. The Hall–Kier alpha value is -0.220. The molecule has 3 N–H and O–H groups in total. The Labute approximate surface area is 96.5 Å². The van der Waals surface area contributed by atoms with Gasteiger partial charge in [0.25, 0.3) is 0 Å². The van der Waals surface area contributed by atoms with Gasteiger partial charge in [-0.05, 0) is 18.8 Å². The first kappa shape index (κ1) is 12.8. The Morgan fingerprint density at radius 2 is 1.93 bits per heavy atom. The van der Waals surface area contributed by atoms with Crippen molar-refractivity contribution in [1.82, 2.24) is 5.43 Å². The maximum absolute atomic E-state index is 11.6. The van der Waals surface area contributed by atoms with Crippen LogP contribution in [0.2, 0.25) is 0 Å². The summed E-state index contributed by atoms with van der Waals surface area (Å²) >= 11 is 1.81. The number of nitrogens with one attached hydrogen (secondary N) is 1. The van der Waals surface area contributed by atoms with Crippen LogP contribution in [0.5, 0.6) is 0 Å². The molecule has 88 valence electrons. The van der Waals surface area contributed by atoms with Crippen LogP contribution >= 0.6 is 11.8 Å². The SMILES string of the molecule is CC(C)C(SC1CCCCC1)C(=O)NN. The molecular weight excluding hydrogens is 208 g/mol. The van der Waals surface area contributed by atoms with Gasteiger partial charge in [-0.25, -0.2) is 5.84 Å². The minimum absolute atomic E-state index is 0.0121. The van der Waals surface area contributed by atoms with Crippen molar-refractivity contribution in [2.45, 2.75) is 56.5 Å². The van der Waals surface area contributed by atoms with Crippen LogP contribution in [-0.4, -0.2) is 16.4 Å². The van der Waals surface area contributed by atoms with Crippen LogP contribution in [0, 0.1) is 5.92 Å². The van der Waals surface area contributed by atoms with E-state index in [4.69, 9.17) is 5.84 Å². The average molecular weight is 230 g/mol. The first-order valence-electron chi connectivity index (χ1n) is 5.81. The van der Waals surface area contributed by atoms with Gasteiger partial charge in [0.05, 0.1) is 5.25 Å². The fourth-order valence-corrected chi connectivity index (χ4v) is 3.54. The van der Waals surface area contributed by atoms with Gasteiger partial charge in [-0.15, -0.1) is 11.8 Å². The molecule has 1 atom stereocenters. The average Bonchev–Trinajstić information content (AvgIpc) is 2.26. The maximum atomic E-state index is 11.6. The van der Waals surface area contributed by atoms with E-state index in [0.29, 0.717) is 11.2 Å². The van der Waals surface area contributed by atoms with Gasteiger partial charge in [0.2, 0.25) is 5.91 Å². The smallest absolute Gasteiger partial charge is 0.247 e. The molecule has 4 heteroatoms. The summed E-state index contributed by atoms with van der Waals surface area (Å²) in [5.74, 6) is 5.52. The molecule has 0 bridgehead atoms. The van der Waals surface area contributed by atoms with Crippen molar-refractivity contribution in [3.05, 3.63) is 0 Å². The number of thioether (sulfide) groups is 1. The van der Waals surface area contributed by atoms with Crippen molar-refractivity contribution in [2.75, 3.05) is 0 Å². The molecule has 3 nitrogen and oxygen atoms in total. The molecular formula is C11H22N2OS. The molecule has 1 fully saturated rings. The zero-order valence-corrected chi connectivity index (χ0v) is 10.5. The van der Waals surface area contributed by atoms with E-state index >= 15 is 0 Å². The maximum Gasteiger partial charge on any atom is 0.247 e. The summed E-state index contributed by atoms with van der Waals surface area (Å²) in [4.78, 5) is 11.6. The summed E-state index contributed by atoms with van der Waals surface area (Å²) in [6.07, 6.45) is 6.49. The molecule has 0 aliphatic heterocycles. The predicted octanol–water partition coefficient (Wildman–Crippen LogP) is 2.07. The van der Waals surface area contributed by atoms with E-state index in [-0.39, 0.29) is 11.2 Å². The number of rotatable bonds is 4. The van der Waals surface area contributed by atoms with Crippen LogP contribution in [0.1, 0.15) is 46.0 Å². The number of nitrogens with two attached hydrogens (primary N) is 1. The lowest BCUT2D eigenvalue weighted by molar-refractivity contribution is -0.121. The number of hydrazine groups is 1. The highest BCUT2D eigenvalue weighted by Gasteiger charge is 2.26. The molecule has 0 aromatic carbocycles. The van der Waals surface area contributed by atoms with Crippen molar-refractivity contribution in [3.8, 4) is 0 Å². The van der Waals surface area contributed by atoms with Gasteiger partial charge in [0.15, 0.2) is 0 Å². The normalized spacial score (nSPS) is 20.3. The largest absolute Gasteiger partial charge is 0.293 e. The first-order valence-corrected chi connectivity index (χ1v) is 6.75. The summed E-state index contributed by atoms with van der Waals surface area (Å²) in [7, 11) is 0. The number of amides is 1. The Morgan fingerprint density at radius 3 is 2.40 bits per heavy atom. The van der Waals surface area contributed by atoms with Crippen LogP contribution in [-0.2, 0) is 4.79 Å². The Morgan fingerprint density at radius 1 is 1.33 bits per heavy atom. The summed E-state index contributed by atoms with van der Waals surface area (Å²) in [5.41, 5.74) is 2.28. The van der Waals surface area contributed by atoms with Crippen molar-refractivity contribution in [1.29, 1.82) is 0 Å². The van der Waals surface area contributed by atoms with Crippen molar-refractivity contribution < 1.29 is 4.79 Å². The van der Waals surface area contributed by atoms with E-state index in [2.05, 4.69) is 19.3 Å². The van der Waals surface area contributed by atoms with Crippen LogP contribution in [0.15, 0.2) is 0 Å². The number of carbonyl (C=O) groups excluding carboxylic acids is 1. The van der Waals surface area contributed by atoms with E-state index in [1.54, 1.807) is 0 Å². The third kappa shape index (κ3) is 4.03. The number of hydrogen-bond acceptors (Lipinski definition) is 3. The van der Waals surface area contributed by atoms with Crippen LogP contribution in [0.4, 0.5) is 0 Å². The van der Waals surface area contributed by atoms with Gasteiger partial charge >= 0.3 is 0 Å². The molecule has 0 spiro atoms. The van der Waals surface area contributed by atoms with E-state index in [0.717, 1.165) is 0 Å². The third-order valence-corrected chi connectivity index (χ3v) is 4.81. The standard InChI is InChI=1S/C11H22N2OS/c1-8(2)10(11(14)13-12)15-9-6-4-3-5-7-9/h8-10H,3-7,12H2,1-2H3,(H,13,14). The van der Waals surface area contributed by atoms with Crippen molar-refractivity contribution in [2.24, 2.45) is 11.8 Å². The first-order chi connectivity index (χ1) is 7.15.